The minimum Gasteiger partial charge on any atom is -0.367 e. The lowest BCUT2D eigenvalue weighted by Gasteiger charge is -2.05. The fraction of sp³-hybridized carbons (Fsp3) is 0.625. The summed E-state index contributed by atoms with van der Waals surface area (Å²) in [4.78, 5) is 10.6. The highest BCUT2D eigenvalue weighted by Crippen LogP contribution is 1.91. The van der Waals surface area contributed by atoms with Gasteiger partial charge in [-0.05, 0) is 20.8 Å². The Labute approximate surface area is 61.9 Å². The fourth-order valence-corrected chi connectivity index (χ4v) is 0.413. The SMILES string of the molecule is C/C=C/COC(C)C(C)=O. The van der Waals surface area contributed by atoms with Gasteiger partial charge < -0.3 is 4.74 Å². The molecule has 0 aliphatic rings. The first-order valence-electron chi connectivity index (χ1n) is 3.41. The van der Waals surface area contributed by atoms with Crippen LogP contribution in [-0.4, -0.2) is 18.5 Å². The van der Waals surface area contributed by atoms with Crippen molar-refractivity contribution in [3.8, 4) is 0 Å². The number of rotatable bonds is 4. The Bertz CT molecular complexity index is 127. The molecule has 0 spiro atoms. The van der Waals surface area contributed by atoms with Crippen molar-refractivity contribution in [3.63, 3.8) is 0 Å². The van der Waals surface area contributed by atoms with Crippen LogP contribution in [0.2, 0.25) is 0 Å². The van der Waals surface area contributed by atoms with Gasteiger partial charge in [-0.25, -0.2) is 0 Å². The monoisotopic (exact) mass is 142 g/mol. The average Bonchev–Trinajstić information content (AvgIpc) is 1.88. The third kappa shape index (κ3) is 4.27. The van der Waals surface area contributed by atoms with Crippen LogP contribution in [0.15, 0.2) is 12.2 Å². The Balaban J connectivity index is 3.39. The van der Waals surface area contributed by atoms with E-state index >= 15 is 0 Å². The molecule has 10 heavy (non-hydrogen) atoms. The van der Waals surface area contributed by atoms with E-state index in [0.29, 0.717) is 6.61 Å². The molecule has 0 radical (unpaired) electrons. The molecule has 0 amide bonds. The van der Waals surface area contributed by atoms with Crippen molar-refractivity contribution in [2.75, 3.05) is 6.61 Å². The van der Waals surface area contributed by atoms with Crippen LogP contribution in [0.25, 0.3) is 0 Å². The van der Waals surface area contributed by atoms with Crippen LogP contribution in [0.1, 0.15) is 20.8 Å². The van der Waals surface area contributed by atoms with Crippen LogP contribution in [0.4, 0.5) is 0 Å². The average molecular weight is 142 g/mol. The number of carbonyl (C=O) groups is 1. The summed E-state index contributed by atoms with van der Waals surface area (Å²) in [6.07, 6.45) is 3.50. The Morgan fingerprint density at radius 2 is 2.30 bits per heavy atom. The van der Waals surface area contributed by atoms with Crippen molar-refractivity contribution in [1.29, 1.82) is 0 Å². The smallest absolute Gasteiger partial charge is 0.158 e. The van der Waals surface area contributed by atoms with Gasteiger partial charge in [0.25, 0.3) is 0 Å². The number of Topliss-reactive ketones (excluding diaryl/α,β-unsaturated/α-hetero) is 1. The minimum absolute atomic E-state index is 0.0736. The Morgan fingerprint density at radius 3 is 2.70 bits per heavy atom. The highest BCUT2D eigenvalue weighted by Gasteiger charge is 2.04. The molecule has 2 nitrogen and oxygen atoms in total. The molecule has 1 unspecified atom stereocenters. The maximum Gasteiger partial charge on any atom is 0.158 e. The lowest BCUT2D eigenvalue weighted by Crippen LogP contribution is -2.17. The zero-order valence-corrected chi connectivity index (χ0v) is 6.76. The first-order valence-corrected chi connectivity index (χ1v) is 3.41. The molecule has 0 aliphatic heterocycles. The normalized spacial score (nSPS) is 13.9. The van der Waals surface area contributed by atoms with Gasteiger partial charge in [0.2, 0.25) is 0 Å². The van der Waals surface area contributed by atoms with Gasteiger partial charge >= 0.3 is 0 Å². The van der Waals surface area contributed by atoms with Crippen LogP contribution in [0, 0.1) is 0 Å². The van der Waals surface area contributed by atoms with E-state index in [0.717, 1.165) is 0 Å². The summed E-state index contributed by atoms with van der Waals surface area (Å²) in [6, 6.07) is 0. The molecule has 2 heteroatoms. The topological polar surface area (TPSA) is 26.3 Å². The van der Waals surface area contributed by atoms with E-state index in [1.54, 1.807) is 6.92 Å². The molecular formula is C8H14O2. The fourth-order valence-electron chi connectivity index (χ4n) is 0.413. The second-order valence-corrected chi connectivity index (χ2v) is 2.16. The molecule has 0 N–H and O–H groups in total. The minimum atomic E-state index is -0.267. The van der Waals surface area contributed by atoms with E-state index in [1.807, 2.05) is 19.1 Å². The van der Waals surface area contributed by atoms with E-state index in [2.05, 4.69) is 0 Å². The van der Waals surface area contributed by atoms with Crippen molar-refractivity contribution >= 4 is 5.78 Å². The van der Waals surface area contributed by atoms with Crippen molar-refractivity contribution in [2.24, 2.45) is 0 Å². The molecule has 0 aromatic carbocycles. The quantitative estimate of drug-likeness (QED) is 0.557. The maximum absolute atomic E-state index is 10.6. The van der Waals surface area contributed by atoms with Crippen LogP contribution in [0.3, 0.4) is 0 Å². The Hall–Kier alpha value is -0.630. The molecule has 0 heterocycles. The largest absolute Gasteiger partial charge is 0.367 e. The Morgan fingerprint density at radius 1 is 1.70 bits per heavy atom. The second-order valence-electron chi connectivity index (χ2n) is 2.16. The number of ether oxygens (including phenoxy) is 1. The predicted molar refractivity (Wildman–Crippen MR) is 40.9 cm³/mol. The summed E-state index contributed by atoms with van der Waals surface area (Å²) in [5, 5.41) is 0. The molecular weight excluding hydrogens is 128 g/mol. The lowest BCUT2D eigenvalue weighted by molar-refractivity contribution is -0.126. The van der Waals surface area contributed by atoms with Crippen molar-refractivity contribution in [2.45, 2.75) is 26.9 Å². The maximum atomic E-state index is 10.6. The van der Waals surface area contributed by atoms with Gasteiger partial charge in [-0.15, -0.1) is 0 Å². The van der Waals surface area contributed by atoms with Gasteiger partial charge in [0.05, 0.1) is 6.61 Å². The summed E-state index contributed by atoms with van der Waals surface area (Å²) in [5.74, 6) is 0.0736. The molecule has 0 aromatic heterocycles. The van der Waals surface area contributed by atoms with Crippen LogP contribution >= 0.6 is 0 Å². The van der Waals surface area contributed by atoms with E-state index in [-0.39, 0.29) is 11.9 Å². The van der Waals surface area contributed by atoms with E-state index in [1.165, 1.54) is 6.92 Å². The van der Waals surface area contributed by atoms with Crippen LogP contribution < -0.4 is 0 Å². The molecule has 58 valence electrons. The number of hydrogen-bond acceptors (Lipinski definition) is 2. The molecule has 0 bridgehead atoms. The molecule has 0 saturated carbocycles. The highest BCUT2D eigenvalue weighted by atomic mass is 16.5. The lowest BCUT2D eigenvalue weighted by atomic mass is 10.3. The standard InChI is InChI=1S/C8H14O2/c1-4-5-6-10-8(3)7(2)9/h4-5,8H,6H2,1-3H3/b5-4+. The van der Waals surface area contributed by atoms with Crippen LogP contribution in [0.5, 0.6) is 0 Å². The number of hydrogen-bond donors (Lipinski definition) is 0. The summed E-state index contributed by atoms with van der Waals surface area (Å²) >= 11 is 0. The van der Waals surface area contributed by atoms with E-state index < -0.39 is 0 Å². The summed E-state index contributed by atoms with van der Waals surface area (Å²) < 4.78 is 5.11. The van der Waals surface area contributed by atoms with E-state index in [4.69, 9.17) is 4.74 Å². The van der Waals surface area contributed by atoms with Crippen molar-refractivity contribution in [3.05, 3.63) is 12.2 Å². The molecule has 0 saturated heterocycles. The number of allylic oxidation sites excluding steroid dienone is 1. The number of carbonyl (C=O) groups excluding carboxylic acids is 1. The van der Waals surface area contributed by atoms with Crippen molar-refractivity contribution in [1.82, 2.24) is 0 Å². The summed E-state index contributed by atoms with van der Waals surface area (Å²) in [6.45, 7) is 5.73. The third-order valence-electron chi connectivity index (χ3n) is 1.25. The zero-order chi connectivity index (χ0) is 7.98. The molecule has 1 atom stereocenters. The predicted octanol–water partition coefficient (Wildman–Crippen LogP) is 1.56. The Kier molecular flexibility index (Phi) is 4.85. The number of ketones is 1. The van der Waals surface area contributed by atoms with E-state index in [9.17, 15) is 4.79 Å². The molecule has 0 rings (SSSR count). The molecule has 0 aromatic rings. The van der Waals surface area contributed by atoms with Gasteiger partial charge in [-0.2, -0.15) is 0 Å². The van der Waals surface area contributed by atoms with Crippen molar-refractivity contribution < 1.29 is 9.53 Å². The van der Waals surface area contributed by atoms with Crippen LogP contribution in [-0.2, 0) is 9.53 Å². The summed E-state index contributed by atoms with van der Waals surface area (Å²) in [7, 11) is 0. The highest BCUT2D eigenvalue weighted by molar-refractivity contribution is 5.79. The zero-order valence-electron chi connectivity index (χ0n) is 6.76. The summed E-state index contributed by atoms with van der Waals surface area (Å²) in [5.41, 5.74) is 0. The van der Waals surface area contributed by atoms with Gasteiger partial charge in [-0.1, -0.05) is 12.2 Å². The second kappa shape index (κ2) is 5.18. The molecule has 0 aliphatic carbocycles. The third-order valence-corrected chi connectivity index (χ3v) is 1.25. The first kappa shape index (κ1) is 9.37. The van der Waals surface area contributed by atoms with Gasteiger partial charge in [-0.3, -0.25) is 4.79 Å². The van der Waals surface area contributed by atoms with Gasteiger partial charge in [0, 0.05) is 0 Å². The first-order chi connectivity index (χ1) is 4.68. The molecule has 0 fully saturated rings. The van der Waals surface area contributed by atoms with Gasteiger partial charge in [0.15, 0.2) is 5.78 Å². The van der Waals surface area contributed by atoms with Gasteiger partial charge in [0.1, 0.15) is 6.10 Å².